The van der Waals surface area contributed by atoms with Crippen LogP contribution in [0.2, 0.25) is 0 Å². The molecule has 0 atom stereocenters. The molecule has 172 valence electrons. The molecule has 0 radical (unpaired) electrons. The van der Waals surface area contributed by atoms with Crippen LogP contribution in [-0.4, -0.2) is 44.1 Å². The van der Waals surface area contributed by atoms with E-state index in [1.54, 1.807) is 24.3 Å². The molecule has 1 aromatic heterocycles. The summed E-state index contributed by atoms with van der Waals surface area (Å²) in [6, 6.07) is 12.6. The van der Waals surface area contributed by atoms with Crippen molar-refractivity contribution < 1.29 is 19.3 Å². The number of hydrogen-bond acceptors (Lipinski definition) is 8. The van der Waals surface area contributed by atoms with Crippen LogP contribution in [0, 0.1) is 24.0 Å². The van der Waals surface area contributed by atoms with E-state index in [1.165, 1.54) is 18.2 Å². The van der Waals surface area contributed by atoms with E-state index < -0.39 is 28.3 Å². The molecule has 0 unspecified atom stereocenters. The third-order valence-corrected chi connectivity index (χ3v) is 5.14. The lowest BCUT2D eigenvalue weighted by Crippen LogP contribution is -2.33. The molecule has 0 spiro atoms. The molecule has 11 heteroatoms. The normalized spacial score (nSPS) is 12.5. The number of imide groups is 1. The van der Waals surface area contributed by atoms with Crippen molar-refractivity contribution in [2.75, 3.05) is 17.2 Å². The van der Waals surface area contributed by atoms with Crippen LogP contribution in [-0.2, 0) is 4.79 Å². The van der Waals surface area contributed by atoms with E-state index in [9.17, 15) is 24.5 Å². The number of carbonyl (C=O) groups is 3. The van der Waals surface area contributed by atoms with Crippen LogP contribution in [0.5, 0.6) is 0 Å². The van der Waals surface area contributed by atoms with Crippen molar-refractivity contribution in [1.29, 1.82) is 0 Å². The zero-order chi connectivity index (χ0) is 24.4. The highest BCUT2D eigenvalue weighted by Crippen LogP contribution is 2.30. The summed E-state index contributed by atoms with van der Waals surface area (Å²) in [6.45, 7) is 3.56. The lowest BCUT2D eigenvalue weighted by Gasteiger charge is -2.13. The molecular formula is C23H20N6O5. The van der Waals surface area contributed by atoms with Gasteiger partial charge in [-0.15, -0.1) is 0 Å². The second-order valence-corrected chi connectivity index (χ2v) is 7.69. The quantitative estimate of drug-likeness (QED) is 0.310. The summed E-state index contributed by atoms with van der Waals surface area (Å²) in [5, 5.41) is 17.0. The number of nitrogens with one attached hydrogen (secondary N) is 2. The van der Waals surface area contributed by atoms with Gasteiger partial charge in [0.05, 0.1) is 10.5 Å². The van der Waals surface area contributed by atoms with E-state index in [0.29, 0.717) is 11.6 Å². The number of anilines is 3. The molecule has 2 heterocycles. The number of aromatic nitrogens is 2. The van der Waals surface area contributed by atoms with Crippen molar-refractivity contribution >= 4 is 40.7 Å². The van der Waals surface area contributed by atoms with Gasteiger partial charge >= 0.3 is 0 Å². The van der Waals surface area contributed by atoms with Gasteiger partial charge < -0.3 is 10.6 Å². The summed E-state index contributed by atoms with van der Waals surface area (Å²) < 4.78 is 0. The van der Waals surface area contributed by atoms with Gasteiger partial charge in [0.15, 0.2) is 0 Å². The number of nitro benzene ring substituents is 1. The zero-order valence-electron chi connectivity index (χ0n) is 18.4. The summed E-state index contributed by atoms with van der Waals surface area (Å²) in [5.74, 6) is -1.37. The van der Waals surface area contributed by atoms with Gasteiger partial charge in [-0.3, -0.25) is 29.4 Å². The molecule has 1 aliphatic rings. The standard InChI is InChI=1S/C23H20N6O5/c1-13-12-14(2)25-23(24-13)27-16-8-6-15(7-9-16)26-19(30)10-11-28-21(31)17-4-3-5-18(29(33)34)20(17)22(28)32/h3-9,12H,10-11H2,1-2H3,(H,26,30)(H,24,25,27). The van der Waals surface area contributed by atoms with Gasteiger partial charge in [-0.2, -0.15) is 0 Å². The van der Waals surface area contributed by atoms with E-state index in [1.807, 2.05) is 19.9 Å². The molecule has 3 amide bonds. The van der Waals surface area contributed by atoms with E-state index in [4.69, 9.17) is 0 Å². The molecule has 3 aromatic rings. The number of aryl methyl sites for hydroxylation is 2. The monoisotopic (exact) mass is 460 g/mol. The maximum Gasteiger partial charge on any atom is 0.282 e. The minimum atomic E-state index is -0.774. The number of amides is 3. The van der Waals surface area contributed by atoms with Gasteiger partial charge in [0.1, 0.15) is 5.56 Å². The van der Waals surface area contributed by atoms with Crippen LogP contribution >= 0.6 is 0 Å². The second kappa shape index (κ2) is 9.06. The number of rotatable bonds is 7. The highest BCUT2D eigenvalue weighted by molar-refractivity contribution is 6.23. The summed E-state index contributed by atoms with van der Waals surface area (Å²) in [4.78, 5) is 57.5. The van der Waals surface area contributed by atoms with Crippen LogP contribution in [0.3, 0.4) is 0 Å². The molecule has 34 heavy (non-hydrogen) atoms. The minimum absolute atomic E-state index is 0.0320. The fourth-order valence-electron chi connectivity index (χ4n) is 3.66. The van der Waals surface area contributed by atoms with E-state index in [2.05, 4.69) is 20.6 Å². The fourth-order valence-corrected chi connectivity index (χ4v) is 3.66. The molecule has 0 aliphatic carbocycles. The molecule has 2 aromatic carbocycles. The van der Waals surface area contributed by atoms with E-state index in [-0.39, 0.29) is 24.1 Å². The van der Waals surface area contributed by atoms with Gasteiger partial charge in [-0.1, -0.05) is 6.07 Å². The van der Waals surface area contributed by atoms with Crippen LogP contribution in [0.1, 0.15) is 38.5 Å². The minimum Gasteiger partial charge on any atom is -0.326 e. The van der Waals surface area contributed by atoms with Crippen molar-refractivity contribution in [3.63, 3.8) is 0 Å². The second-order valence-electron chi connectivity index (χ2n) is 7.69. The lowest BCUT2D eigenvalue weighted by atomic mass is 10.1. The van der Waals surface area contributed by atoms with Crippen molar-refractivity contribution in [2.24, 2.45) is 0 Å². The number of nitro groups is 1. The average Bonchev–Trinajstić information content (AvgIpc) is 3.02. The Bertz CT molecular complexity index is 1300. The van der Waals surface area contributed by atoms with Crippen LogP contribution in [0.4, 0.5) is 23.0 Å². The largest absolute Gasteiger partial charge is 0.326 e. The Labute approximate surface area is 194 Å². The third-order valence-electron chi connectivity index (χ3n) is 5.14. The zero-order valence-corrected chi connectivity index (χ0v) is 18.4. The molecule has 0 bridgehead atoms. The number of benzene rings is 2. The Morgan fingerprint density at radius 2 is 1.65 bits per heavy atom. The number of nitrogens with zero attached hydrogens (tertiary/aromatic N) is 4. The number of carbonyl (C=O) groups excluding carboxylic acids is 3. The van der Waals surface area contributed by atoms with E-state index in [0.717, 1.165) is 22.0 Å². The first-order valence-electron chi connectivity index (χ1n) is 10.4. The lowest BCUT2D eigenvalue weighted by molar-refractivity contribution is -0.385. The molecule has 4 rings (SSSR count). The Balaban J connectivity index is 1.35. The summed E-state index contributed by atoms with van der Waals surface area (Å²) >= 11 is 0. The highest BCUT2D eigenvalue weighted by Gasteiger charge is 2.40. The molecule has 1 aliphatic heterocycles. The first-order chi connectivity index (χ1) is 16.2. The van der Waals surface area contributed by atoms with Crippen LogP contribution in [0.15, 0.2) is 48.5 Å². The Hall–Kier alpha value is -4.67. The maximum atomic E-state index is 12.6. The molecule has 0 fully saturated rings. The predicted octanol–water partition coefficient (Wildman–Crippen LogP) is 3.37. The van der Waals surface area contributed by atoms with Crippen molar-refractivity contribution in [2.45, 2.75) is 20.3 Å². The fraction of sp³-hybridized carbons (Fsp3) is 0.174. The number of hydrogen-bond donors (Lipinski definition) is 2. The molecular weight excluding hydrogens is 440 g/mol. The Kier molecular flexibility index (Phi) is 6.00. The van der Waals surface area contributed by atoms with Crippen molar-refractivity contribution in [1.82, 2.24) is 14.9 Å². The van der Waals surface area contributed by atoms with Gasteiger partial charge in [0.25, 0.3) is 17.5 Å². The highest BCUT2D eigenvalue weighted by atomic mass is 16.6. The van der Waals surface area contributed by atoms with Crippen LogP contribution < -0.4 is 10.6 Å². The molecule has 0 saturated carbocycles. The smallest absolute Gasteiger partial charge is 0.282 e. The summed E-state index contributed by atoms with van der Waals surface area (Å²) in [7, 11) is 0. The molecule has 0 saturated heterocycles. The first kappa shape index (κ1) is 22.5. The molecule has 2 N–H and O–H groups in total. The Morgan fingerprint density at radius 3 is 2.29 bits per heavy atom. The summed E-state index contributed by atoms with van der Waals surface area (Å²) in [6.07, 6.45) is -0.157. The van der Waals surface area contributed by atoms with Crippen molar-refractivity contribution in [3.05, 3.63) is 81.2 Å². The van der Waals surface area contributed by atoms with E-state index >= 15 is 0 Å². The van der Waals surface area contributed by atoms with Gasteiger partial charge in [-0.05, 0) is 50.2 Å². The predicted molar refractivity (Wildman–Crippen MR) is 123 cm³/mol. The Morgan fingerprint density at radius 1 is 1.00 bits per heavy atom. The van der Waals surface area contributed by atoms with Gasteiger partial charge in [0, 0.05) is 41.8 Å². The van der Waals surface area contributed by atoms with Gasteiger partial charge in [0.2, 0.25) is 11.9 Å². The summed E-state index contributed by atoms with van der Waals surface area (Å²) in [5.41, 5.74) is 2.23. The van der Waals surface area contributed by atoms with Gasteiger partial charge in [-0.25, -0.2) is 9.97 Å². The van der Waals surface area contributed by atoms with Crippen LogP contribution in [0.25, 0.3) is 0 Å². The third kappa shape index (κ3) is 4.58. The molecule has 11 nitrogen and oxygen atoms in total. The maximum absolute atomic E-state index is 12.6. The first-order valence-corrected chi connectivity index (χ1v) is 10.4. The topological polar surface area (TPSA) is 147 Å². The van der Waals surface area contributed by atoms with Crippen molar-refractivity contribution in [3.8, 4) is 0 Å². The SMILES string of the molecule is Cc1cc(C)nc(Nc2ccc(NC(=O)CCN3C(=O)c4cccc([N+](=O)[O-])c4C3=O)cc2)n1. The number of fused-ring (bicyclic) bond motifs is 1. The average molecular weight is 460 g/mol.